The van der Waals surface area contributed by atoms with Gasteiger partial charge in [-0.1, -0.05) is 0 Å². The highest BCUT2D eigenvalue weighted by molar-refractivity contribution is 9.10. The smallest absolute Gasteiger partial charge is 0.0851 e. The van der Waals surface area contributed by atoms with Crippen LogP contribution in [-0.4, -0.2) is 30.5 Å². The lowest BCUT2D eigenvalue weighted by molar-refractivity contribution is 0.182. The summed E-state index contributed by atoms with van der Waals surface area (Å²) in [5.74, 6) is 0. The Balaban J connectivity index is 2.34. The molecule has 1 N–H and O–H groups in total. The van der Waals surface area contributed by atoms with Gasteiger partial charge >= 0.3 is 0 Å². The zero-order valence-electron chi connectivity index (χ0n) is 10.7. The SMILES string of the molecule is CNC(c1cc(Br)cs1)c1c(Br)cnn1CCOC. The number of methoxy groups -OCH3 is 1. The third kappa shape index (κ3) is 3.46. The quantitative estimate of drug-likeness (QED) is 0.795. The van der Waals surface area contributed by atoms with Crippen LogP contribution in [0.15, 0.2) is 26.6 Å². The van der Waals surface area contributed by atoms with Crippen LogP contribution in [-0.2, 0) is 11.3 Å². The van der Waals surface area contributed by atoms with Gasteiger partial charge in [-0.05, 0) is 45.0 Å². The van der Waals surface area contributed by atoms with Gasteiger partial charge in [0.15, 0.2) is 0 Å². The van der Waals surface area contributed by atoms with Crippen molar-refractivity contribution < 1.29 is 4.74 Å². The predicted molar refractivity (Wildman–Crippen MR) is 84.7 cm³/mol. The van der Waals surface area contributed by atoms with Gasteiger partial charge in [0.25, 0.3) is 0 Å². The van der Waals surface area contributed by atoms with Crippen molar-refractivity contribution in [1.82, 2.24) is 15.1 Å². The summed E-state index contributed by atoms with van der Waals surface area (Å²) in [6, 6.07) is 2.25. The molecule has 4 nitrogen and oxygen atoms in total. The Morgan fingerprint density at radius 2 is 2.32 bits per heavy atom. The fourth-order valence-electron chi connectivity index (χ4n) is 1.91. The summed E-state index contributed by atoms with van der Waals surface area (Å²) in [4.78, 5) is 1.24. The van der Waals surface area contributed by atoms with E-state index in [2.05, 4.69) is 53.7 Å². The molecule has 0 radical (unpaired) electrons. The summed E-state index contributed by atoms with van der Waals surface area (Å²) in [5.41, 5.74) is 1.12. The van der Waals surface area contributed by atoms with Crippen LogP contribution in [0.1, 0.15) is 16.6 Å². The van der Waals surface area contributed by atoms with Crippen LogP contribution in [0.4, 0.5) is 0 Å². The molecule has 0 bridgehead atoms. The molecule has 0 aliphatic rings. The van der Waals surface area contributed by atoms with Crippen LogP contribution in [0.25, 0.3) is 0 Å². The van der Waals surface area contributed by atoms with Gasteiger partial charge < -0.3 is 10.1 Å². The van der Waals surface area contributed by atoms with Crippen LogP contribution >= 0.6 is 43.2 Å². The van der Waals surface area contributed by atoms with Crippen molar-refractivity contribution in [2.75, 3.05) is 20.8 Å². The largest absolute Gasteiger partial charge is 0.383 e. The molecule has 7 heteroatoms. The molecule has 1 unspecified atom stereocenters. The minimum absolute atomic E-state index is 0.116. The third-order valence-corrected chi connectivity index (χ3v) is 5.14. The zero-order chi connectivity index (χ0) is 13.8. The number of ether oxygens (including phenoxy) is 1. The first kappa shape index (κ1) is 15.2. The molecule has 0 amide bonds. The molecule has 2 aromatic heterocycles. The molecule has 19 heavy (non-hydrogen) atoms. The minimum Gasteiger partial charge on any atom is -0.383 e. The lowest BCUT2D eigenvalue weighted by atomic mass is 10.1. The Morgan fingerprint density at radius 3 is 2.89 bits per heavy atom. The van der Waals surface area contributed by atoms with Crippen molar-refractivity contribution in [2.24, 2.45) is 0 Å². The van der Waals surface area contributed by atoms with Crippen molar-refractivity contribution in [2.45, 2.75) is 12.6 Å². The standard InChI is InChI=1S/C12H15Br2N3OS/c1-15-11(10-5-8(13)7-19-10)12-9(14)6-16-17(12)3-4-18-2/h5-7,11,15H,3-4H2,1-2H3. The number of nitrogens with one attached hydrogen (secondary N) is 1. The van der Waals surface area contributed by atoms with E-state index in [1.54, 1.807) is 18.4 Å². The normalized spacial score (nSPS) is 12.8. The maximum atomic E-state index is 5.13. The molecular formula is C12H15Br2N3OS. The molecule has 0 saturated heterocycles. The first-order valence-corrected chi connectivity index (χ1v) is 8.25. The highest BCUT2D eigenvalue weighted by Gasteiger charge is 2.21. The van der Waals surface area contributed by atoms with Crippen molar-refractivity contribution >= 4 is 43.2 Å². The van der Waals surface area contributed by atoms with Crippen LogP contribution in [0.3, 0.4) is 0 Å². The van der Waals surface area contributed by atoms with Crippen LogP contribution in [0, 0.1) is 0 Å². The van der Waals surface area contributed by atoms with E-state index in [1.807, 2.05) is 17.9 Å². The second kappa shape index (κ2) is 6.99. The number of rotatable bonds is 6. The fraction of sp³-hybridized carbons (Fsp3) is 0.417. The molecule has 0 fully saturated rings. The van der Waals surface area contributed by atoms with E-state index in [-0.39, 0.29) is 6.04 Å². The van der Waals surface area contributed by atoms with E-state index in [0.717, 1.165) is 21.2 Å². The van der Waals surface area contributed by atoms with E-state index < -0.39 is 0 Å². The predicted octanol–water partition coefficient (Wildman–Crippen LogP) is 3.42. The average Bonchev–Trinajstić information content (AvgIpc) is 2.97. The van der Waals surface area contributed by atoms with Gasteiger partial charge in [-0.25, -0.2) is 0 Å². The maximum absolute atomic E-state index is 5.13. The Bertz CT molecular complexity index is 541. The van der Waals surface area contributed by atoms with Gasteiger partial charge in [-0.15, -0.1) is 11.3 Å². The summed E-state index contributed by atoms with van der Waals surface area (Å²) in [6.07, 6.45) is 1.83. The van der Waals surface area contributed by atoms with Gasteiger partial charge in [0.05, 0.1) is 35.6 Å². The van der Waals surface area contributed by atoms with Gasteiger partial charge in [0.2, 0.25) is 0 Å². The van der Waals surface area contributed by atoms with E-state index in [1.165, 1.54) is 4.88 Å². The number of nitrogens with zero attached hydrogens (tertiary/aromatic N) is 2. The lowest BCUT2D eigenvalue weighted by Gasteiger charge is -2.17. The van der Waals surface area contributed by atoms with E-state index >= 15 is 0 Å². The summed E-state index contributed by atoms with van der Waals surface area (Å²) < 4.78 is 9.22. The molecule has 0 aliphatic heterocycles. The minimum atomic E-state index is 0.116. The average molecular weight is 409 g/mol. The Labute approximate surface area is 133 Å². The first-order chi connectivity index (χ1) is 9.17. The van der Waals surface area contributed by atoms with Crippen molar-refractivity contribution in [1.29, 1.82) is 0 Å². The Morgan fingerprint density at radius 1 is 1.53 bits per heavy atom. The second-order valence-electron chi connectivity index (χ2n) is 3.98. The number of hydrogen-bond donors (Lipinski definition) is 1. The van der Waals surface area contributed by atoms with Gasteiger partial charge in [-0.2, -0.15) is 5.10 Å². The first-order valence-electron chi connectivity index (χ1n) is 5.78. The molecule has 2 rings (SSSR count). The fourth-order valence-corrected chi connectivity index (χ4v) is 3.99. The summed E-state index contributed by atoms with van der Waals surface area (Å²) in [5, 5.41) is 9.83. The molecule has 104 valence electrons. The topological polar surface area (TPSA) is 39.1 Å². The molecule has 1 atom stereocenters. The lowest BCUT2D eigenvalue weighted by Crippen LogP contribution is -2.22. The monoisotopic (exact) mass is 407 g/mol. The molecule has 0 saturated carbocycles. The summed E-state index contributed by atoms with van der Waals surface area (Å²) >= 11 is 8.80. The van der Waals surface area contributed by atoms with Crippen molar-refractivity contribution in [3.63, 3.8) is 0 Å². The number of aromatic nitrogens is 2. The summed E-state index contributed by atoms with van der Waals surface area (Å²) in [7, 11) is 3.66. The summed E-state index contributed by atoms with van der Waals surface area (Å²) in [6.45, 7) is 1.38. The second-order valence-corrected chi connectivity index (χ2v) is 6.70. The molecule has 2 aromatic rings. The molecular weight excluding hydrogens is 394 g/mol. The Kier molecular flexibility index (Phi) is 5.58. The van der Waals surface area contributed by atoms with E-state index in [4.69, 9.17) is 4.74 Å². The molecule has 0 spiro atoms. The van der Waals surface area contributed by atoms with Gasteiger partial charge in [0, 0.05) is 21.8 Å². The maximum Gasteiger partial charge on any atom is 0.0851 e. The third-order valence-electron chi connectivity index (χ3n) is 2.77. The van der Waals surface area contributed by atoms with Crippen LogP contribution in [0.5, 0.6) is 0 Å². The van der Waals surface area contributed by atoms with Crippen LogP contribution in [0.2, 0.25) is 0 Å². The number of hydrogen-bond acceptors (Lipinski definition) is 4. The van der Waals surface area contributed by atoms with Gasteiger partial charge in [-0.3, -0.25) is 4.68 Å². The number of thiophene rings is 1. The highest BCUT2D eigenvalue weighted by Crippen LogP contribution is 2.33. The number of halogens is 2. The zero-order valence-corrected chi connectivity index (χ0v) is 14.7. The van der Waals surface area contributed by atoms with Crippen molar-refractivity contribution in [3.05, 3.63) is 37.2 Å². The Hall–Kier alpha value is -0.210. The van der Waals surface area contributed by atoms with Crippen molar-refractivity contribution in [3.8, 4) is 0 Å². The highest BCUT2D eigenvalue weighted by atomic mass is 79.9. The molecule has 0 aromatic carbocycles. The van der Waals surface area contributed by atoms with E-state index in [9.17, 15) is 0 Å². The van der Waals surface area contributed by atoms with Gasteiger partial charge in [0.1, 0.15) is 0 Å². The molecule has 0 aliphatic carbocycles. The van der Waals surface area contributed by atoms with E-state index in [0.29, 0.717) is 6.61 Å². The molecule has 2 heterocycles. The van der Waals surface area contributed by atoms with Crippen LogP contribution < -0.4 is 5.32 Å².